The van der Waals surface area contributed by atoms with Gasteiger partial charge in [0.2, 0.25) is 0 Å². The number of nitrogens with zero attached hydrogens (tertiary/aromatic N) is 3. The van der Waals surface area contributed by atoms with Crippen molar-refractivity contribution in [3.8, 4) is 5.75 Å². The number of carboxylic acids is 1. The summed E-state index contributed by atoms with van der Waals surface area (Å²) in [7, 11) is 1.57. The van der Waals surface area contributed by atoms with Gasteiger partial charge < -0.3 is 19.5 Å². The first-order valence-electron chi connectivity index (χ1n) is 15.6. The number of halogens is 4. The van der Waals surface area contributed by atoms with Crippen molar-refractivity contribution >= 4 is 16.9 Å². The molecule has 0 saturated carbocycles. The number of hydrogen-bond acceptors (Lipinski definition) is 6. The van der Waals surface area contributed by atoms with E-state index in [4.69, 9.17) is 9.47 Å². The molecule has 1 aromatic heterocycles. The number of methoxy groups -OCH3 is 1. The number of benzene rings is 2. The molecule has 2 aliphatic rings. The third-order valence-corrected chi connectivity index (χ3v) is 9.36. The Morgan fingerprint density at radius 1 is 1.07 bits per heavy atom. The van der Waals surface area contributed by atoms with Crippen LogP contribution in [0.1, 0.15) is 61.4 Å². The summed E-state index contributed by atoms with van der Waals surface area (Å²) in [6, 6.07) is 7.50. The fourth-order valence-electron chi connectivity index (χ4n) is 6.78. The highest BCUT2D eigenvalue weighted by atomic mass is 19.2. The molecule has 0 spiro atoms. The lowest BCUT2D eigenvalue weighted by atomic mass is 9.71. The first-order valence-corrected chi connectivity index (χ1v) is 15.6. The maximum atomic E-state index is 16.5. The Morgan fingerprint density at radius 3 is 2.44 bits per heavy atom. The highest BCUT2D eigenvalue weighted by Crippen LogP contribution is 2.43. The number of aliphatic carboxylic acids is 1. The van der Waals surface area contributed by atoms with E-state index in [9.17, 15) is 23.1 Å². The average molecular weight is 632 g/mol. The van der Waals surface area contributed by atoms with Crippen molar-refractivity contribution in [3.05, 3.63) is 70.7 Å². The molecule has 1 atom stereocenters. The molecule has 2 fully saturated rings. The number of alkyl halides is 1. The Bertz CT molecular complexity index is 1450. The number of carboxylic acid groups (broad SMARTS) is 1. The molecular weight excluding hydrogens is 590 g/mol. The highest BCUT2D eigenvalue weighted by molar-refractivity contribution is 5.85. The second-order valence-electron chi connectivity index (χ2n) is 12.4. The van der Waals surface area contributed by atoms with Gasteiger partial charge in [-0.15, -0.1) is 0 Å². The fourth-order valence-corrected chi connectivity index (χ4v) is 6.78. The van der Waals surface area contributed by atoms with Crippen LogP contribution >= 0.6 is 0 Å². The normalized spacial score (nSPS) is 18.2. The molecule has 0 unspecified atom stereocenters. The molecule has 0 aliphatic carbocycles. The number of rotatable bonds is 13. The summed E-state index contributed by atoms with van der Waals surface area (Å²) in [4.78, 5) is 21.0. The summed E-state index contributed by atoms with van der Waals surface area (Å²) in [6.07, 6.45) is 3.24. The van der Waals surface area contributed by atoms with Crippen LogP contribution in [0.4, 0.5) is 17.6 Å². The van der Waals surface area contributed by atoms with Crippen molar-refractivity contribution in [2.75, 3.05) is 53.0 Å². The first kappa shape index (κ1) is 33.1. The van der Waals surface area contributed by atoms with Crippen molar-refractivity contribution in [1.82, 2.24) is 14.8 Å². The average Bonchev–Trinajstić information content (AvgIpc) is 3.03. The van der Waals surface area contributed by atoms with Gasteiger partial charge in [-0.1, -0.05) is 0 Å². The molecule has 11 heteroatoms. The molecule has 5 rings (SSSR count). The minimum absolute atomic E-state index is 0.0345. The molecule has 45 heavy (non-hydrogen) atoms. The molecule has 0 bridgehead atoms. The van der Waals surface area contributed by atoms with Crippen LogP contribution in [0.3, 0.4) is 0 Å². The molecular formula is C34H41F4N3O4. The minimum atomic E-state index is -1.47. The van der Waals surface area contributed by atoms with Crippen LogP contribution in [0.5, 0.6) is 5.75 Å². The second kappa shape index (κ2) is 14.9. The van der Waals surface area contributed by atoms with Crippen molar-refractivity contribution in [1.29, 1.82) is 0 Å². The van der Waals surface area contributed by atoms with E-state index in [2.05, 4.69) is 14.8 Å². The lowest BCUT2D eigenvalue weighted by Gasteiger charge is -2.41. The van der Waals surface area contributed by atoms with Gasteiger partial charge in [-0.2, -0.15) is 0 Å². The third kappa shape index (κ3) is 8.31. The van der Waals surface area contributed by atoms with E-state index >= 15 is 4.39 Å². The number of likely N-dealkylation sites (tertiary alicyclic amines) is 1. The van der Waals surface area contributed by atoms with Gasteiger partial charge in [0.15, 0.2) is 17.5 Å². The van der Waals surface area contributed by atoms with Gasteiger partial charge in [-0.05, 0) is 105 Å². The van der Waals surface area contributed by atoms with E-state index in [0.717, 1.165) is 30.8 Å². The van der Waals surface area contributed by atoms with Crippen molar-refractivity contribution in [3.63, 3.8) is 0 Å². The van der Waals surface area contributed by atoms with E-state index in [-0.39, 0.29) is 12.8 Å². The maximum Gasteiger partial charge on any atom is 0.303 e. The monoisotopic (exact) mass is 631 g/mol. The predicted molar refractivity (Wildman–Crippen MR) is 162 cm³/mol. The predicted octanol–water partition coefficient (Wildman–Crippen LogP) is 6.47. The Kier molecular flexibility index (Phi) is 10.9. The number of piperidine rings is 1. The molecule has 244 valence electrons. The van der Waals surface area contributed by atoms with E-state index in [0.29, 0.717) is 99.3 Å². The topological polar surface area (TPSA) is 75.1 Å². The third-order valence-electron chi connectivity index (χ3n) is 9.36. The van der Waals surface area contributed by atoms with E-state index in [1.54, 1.807) is 19.4 Å². The summed E-state index contributed by atoms with van der Waals surface area (Å²) >= 11 is 0. The molecule has 1 N–H and O–H groups in total. The number of fused-ring (bicyclic) bond motifs is 1. The maximum absolute atomic E-state index is 16.5. The van der Waals surface area contributed by atoms with Crippen molar-refractivity contribution in [2.24, 2.45) is 5.41 Å². The molecule has 7 nitrogen and oxygen atoms in total. The standard InChI is InChI=1S/C34H41F4N3O4/c1-44-25-4-5-30-26(19-25)32(24(21-39-30)22-41-13-15-45-16-14-41)27(35)6-7-34(20-31(42)43)8-11-40(12-9-34)10-2-3-23-17-28(36)33(38)29(37)18-23/h4-5,17-19,21,27H,2-3,6-16,20,22H2,1H3,(H,42,43)/t27-/m1/s1. The largest absolute Gasteiger partial charge is 0.497 e. The first-order chi connectivity index (χ1) is 21.7. The van der Waals surface area contributed by atoms with Gasteiger partial charge in [0.25, 0.3) is 0 Å². The van der Waals surface area contributed by atoms with Crippen LogP contribution in [0.2, 0.25) is 0 Å². The Labute approximate surface area is 261 Å². The Hall–Kier alpha value is -3.28. The molecule has 0 amide bonds. The van der Waals surface area contributed by atoms with E-state index < -0.39 is 35.0 Å². The number of pyridine rings is 1. The lowest BCUT2D eigenvalue weighted by molar-refractivity contribution is -0.141. The van der Waals surface area contributed by atoms with Crippen LogP contribution < -0.4 is 4.74 Å². The van der Waals surface area contributed by atoms with Gasteiger partial charge in [0.05, 0.1) is 32.3 Å². The quantitative estimate of drug-likeness (QED) is 0.171. The van der Waals surface area contributed by atoms with Crippen LogP contribution in [-0.4, -0.2) is 78.9 Å². The number of morpholine rings is 1. The van der Waals surface area contributed by atoms with E-state index in [1.165, 1.54) is 0 Å². The second-order valence-corrected chi connectivity index (χ2v) is 12.4. The van der Waals surface area contributed by atoms with Gasteiger partial charge in [0, 0.05) is 36.8 Å². The van der Waals surface area contributed by atoms with Crippen LogP contribution in [0.25, 0.3) is 10.9 Å². The summed E-state index contributed by atoms with van der Waals surface area (Å²) in [5.74, 6) is -4.14. The van der Waals surface area contributed by atoms with Crippen molar-refractivity contribution in [2.45, 2.75) is 57.7 Å². The van der Waals surface area contributed by atoms with Crippen LogP contribution in [-0.2, 0) is 22.5 Å². The smallest absolute Gasteiger partial charge is 0.303 e. The van der Waals surface area contributed by atoms with Gasteiger partial charge in [-0.3, -0.25) is 14.7 Å². The molecule has 3 heterocycles. The summed E-state index contributed by atoms with van der Waals surface area (Å²) < 4.78 is 67.9. The molecule has 0 radical (unpaired) electrons. The van der Waals surface area contributed by atoms with Crippen LogP contribution in [0.15, 0.2) is 36.5 Å². The highest BCUT2D eigenvalue weighted by Gasteiger charge is 2.37. The van der Waals surface area contributed by atoms with Gasteiger partial charge in [-0.25, -0.2) is 17.6 Å². The number of aromatic nitrogens is 1. The summed E-state index contributed by atoms with van der Waals surface area (Å²) in [5.41, 5.74) is 1.93. The number of ether oxygens (including phenoxy) is 2. The molecule has 2 aromatic carbocycles. The Morgan fingerprint density at radius 2 is 1.78 bits per heavy atom. The number of aryl methyl sites for hydroxylation is 1. The summed E-state index contributed by atoms with van der Waals surface area (Å²) in [5, 5.41) is 10.5. The zero-order valence-corrected chi connectivity index (χ0v) is 25.7. The molecule has 2 saturated heterocycles. The SMILES string of the molecule is COc1ccc2ncc(CN3CCOCC3)c([C@H](F)CCC3(CC(=O)O)CCN(CCCc4cc(F)c(F)c(F)c4)CC3)c2c1. The van der Waals surface area contributed by atoms with E-state index in [1.807, 2.05) is 12.1 Å². The number of carbonyl (C=O) groups is 1. The van der Waals surface area contributed by atoms with Gasteiger partial charge in [0.1, 0.15) is 11.9 Å². The fraction of sp³-hybridized carbons (Fsp3) is 0.529. The minimum Gasteiger partial charge on any atom is -0.497 e. The van der Waals surface area contributed by atoms with Crippen LogP contribution in [0, 0.1) is 22.9 Å². The molecule has 3 aromatic rings. The lowest BCUT2D eigenvalue weighted by Crippen LogP contribution is -2.41. The Balaban J connectivity index is 1.26. The van der Waals surface area contributed by atoms with Gasteiger partial charge >= 0.3 is 5.97 Å². The zero-order chi connectivity index (χ0) is 32.0. The summed E-state index contributed by atoms with van der Waals surface area (Å²) in [6.45, 7) is 5.26. The van der Waals surface area contributed by atoms with Crippen molar-refractivity contribution < 1.29 is 36.9 Å². The molecule has 2 aliphatic heterocycles. The number of hydrogen-bond donors (Lipinski definition) is 1. The zero-order valence-electron chi connectivity index (χ0n) is 25.7.